The lowest BCUT2D eigenvalue weighted by molar-refractivity contribution is -0.144. The van der Waals surface area contributed by atoms with Gasteiger partial charge in [-0.05, 0) is 29.4 Å². The van der Waals surface area contributed by atoms with Crippen molar-refractivity contribution in [2.45, 2.75) is 12.5 Å². The molecule has 3 amide bonds. The zero-order valence-corrected chi connectivity index (χ0v) is 15.9. The third kappa shape index (κ3) is 2.97. The lowest BCUT2D eigenvalue weighted by Gasteiger charge is -2.22. The molecule has 1 heterocycles. The fourth-order valence-electron chi connectivity index (χ4n) is 5.12. The number of hydrogen-bond acceptors (Lipinski definition) is 3. The predicted octanol–water partition coefficient (Wildman–Crippen LogP) is 2.70. The Labute approximate surface area is 169 Å². The van der Waals surface area contributed by atoms with Crippen molar-refractivity contribution >= 4 is 17.7 Å². The summed E-state index contributed by atoms with van der Waals surface area (Å²) in [6, 6.07) is 19.0. The van der Waals surface area contributed by atoms with Crippen molar-refractivity contribution < 1.29 is 14.4 Å². The maximum atomic E-state index is 12.9. The highest BCUT2D eigenvalue weighted by Gasteiger charge is 2.59. The molecule has 5 heteroatoms. The minimum absolute atomic E-state index is 0.149. The number of carbonyl (C=O) groups is 3. The van der Waals surface area contributed by atoms with E-state index in [9.17, 15) is 14.4 Å². The smallest absolute Gasteiger partial charge is 0.240 e. The molecule has 1 saturated heterocycles. The molecule has 2 aliphatic carbocycles. The van der Waals surface area contributed by atoms with E-state index in [0.717, 1.165) is 17.5 Å². The average molecular weight is 386 g/mol. The number of fused-ring (bicyclic) bond motifs is 5. The van der Waals surface area contributed by atoms with E-state index in [0.29, 0.717) is 0 Å². The van der Waals surface area contributed by atoms with Gasteiger partial charge in [0.1, 0.15) is 6.54 Å². The van der Waals surface area contributed by atoms with Crippen LogP contribution in [0.2, 0.25) is 0 Å². The molecular weight excluding hydrogens is 364 g/mol. The largest absolute Gasteiger partial charge is 0.344 e. The Morgan fingerprint density at radius 1 is 0.862 bits per heavy atom. The number of imide groups is 1. The van der Waals surface area contributed by atoms with Crippen molar-refractivity contribution in [1.82, 2.24) is 10.2 Å². The number of nitrogens with zero attached hydrogens (tertiary/aromatic N) is 1. The van der Waals surface area contributed by atoms with Gasteiger partial charge in [0, 0.05) is 0 Å². The third-order valence-corrected chi connectivity index (χ3v) is 6.43. The molecule has 146 valence electrons. The molecule has 2 aromatic carbocycles. The maximum Gasteiger partial charge on any atom is 0.240 e. The van der Waals surface area contributed by atoms with Crippen LogP contribution in [0, 0.1) is 23.7 Å². The highest BCUT2D eigenvalue weighted by Crippen LogP contribution is 2.52. The maximum absolute atomic E-state index is 12.9. The molecule has 29 heavy (non-hydrogen) atoms. The van der Waals surface area contributed by atoms with E-state index >= 15 is 0 Å². The summed E-state index contributed by atoms with van der Waals surface area (Å²) in [6.45, 7) is -0.222. The second-order valence-corrected chi connectivity index (χ2v) is 8.08. The van der Waals surface area contributed by atoms with Crippen molar-refractivity contribution in [3.05, 3.63) is 83.9 Å². The Kier molecular flexibility index (Phi) is 4.31. The summed E-state index contributed by atoms with van der Waals surface area (Å²) in [5.41, 5.74) is 1.90. The molecule has 1 aliphatic heterocycles. The first kappa shape index (κ1) is 17.9. The Balaban J connectivity index is 1.34. The van der Waals surface area contributed by atoms with Crippen LogP contribution in [0.1, 0.15) is 23.6 Å². The first-order chi connectivity index (χ1) is 14.1. The van der Waals surface area contributed by atoms with Gasteiger partial charge < -0.3 is 5.32 Å². The van der Waals surface area contributed by atoms with Crippen LogP contribution in [0.15, 0.2) is 72.8 Å². The number of allylic oxidation sites excluding steroid dienone is 2. The molecule has 5 rings (SSSR count). The van der Waals surface area contributed by atoms with Gasteiger partial charge in [-0.15, -0.1) is 0 Å². The normalized spacial score (nSPS) is 27.0. The van der Waals surface area contributed by atoms with Gasteiger partial charge in [-0.3, -0.25) is 19.3 Å². The molecule has 1 saturated carbocycles. The molecule has 3 aliphatic rings. The molecule has 4 atom stereocenters. The summed E-state index contributed by atoms with van der Waals surface area (Å²) >= 11 is 0. The summed E-state index contributed by atoms with van der Waals surface area (Å²) in [5.74, 6) is -0.962. The highest BCUT2D eigenvalue weighted by molar-refractivity contribution is 6.08. The molecule has 5 nitrogen and oxygen atoms in total. The molecule has 1 N–H and O–H groups in total. The van der Waals surface area contributed by atoms with Crippen molar-refractivity contribution in [3.8, 4) is 0 Å². The molecule has 2 bridgehead atoms. The first-order valence-electron chi connectivity index (χ1n) is 10.1. The van der Waals surface area contributed by atoms with Gasteiger partial charge in [0.15, 0.2) is 0 Å². The molecule has 0 radical (unpaired) electrons. The molecule has 2 fully saturated rings. The molecular formula is C24H22N2O3. The second-order valence-electron chi connectivity index (χ2n) is 8.08. The Morgan fingerprint density at radius 2 is 1.34 bits per heavy atom. The summed E-state index contributed by atoms with van der Waals surface area (Å²) in [7, 11) is 0. The average Bonchev–Trinajstić information content (AvgIpc) is 3.43. The van der Waals surface area contributed by atoms with E-state index in [1.807, 2.05) is 60.7 Å². The van der Waals surface area contributed by atoms with Crippen molar-refractivity contribution in [2.24, 2.45) is 23.7 Å². The summed E-state index contributed by atoms with van der Waals surface area (Å²) in [5, 5.41) is 3.02. The lowest BCUT2D eigenvalue weighted by atomic mass is 9.85. The number of amides is 3. The van der Waals surface area contributed by atoms with Gasteiger partial charge in [-0.25, -0.2) is 0 Å². The first-order valence-corrected chi connectivity index (χ1v) is 10.1. The molecule has 0 aromatic heterocycles. The topological polar surface area (TPSA) is 66.5 Å². The van der Waals surface area contributed by atoms with Gasteiger partial charge in [0.05, 0.1) is 17.9 Å². The summed E-state index contributed by atoms with van der Waals surface area (Å²) in [4.78, 5) is 39.7. The zero-order chi connectivity index (χ0) is 20.0. The minimum Gasteiger partial charge on any atom is -0.344 e. The van der Waals surface area contributed by atoms with Crippen LogP contribution in [-0.2, 0) is 14.4 Å². The van der Waals surface area contributed by atoms with E-state index in [-0.39, 0.29) is 54.0 Å². The number of likely N-dealkylation sites (tertiary alicyclic amines) is 1. The van der Waals surface area contributed by atoms with Gasteiger partial charge in [0.25, 0.3) is 0 Å². The zero-order valence-electron chi connectivity index (χ0n) is 15.9. The monoisotopic (exact) mass is 386 g/mol. The van der Waals surface area contributed by atoms with Crippen LogP contribution in [-0.4, -0.2) is 29.2 Å². The third-order valence-electron chi connectivity index (χ3n) is 6.43. The van der Waals surface area contributed by atoms with Crippen molar-refractivity contribution in [2.75, 3.05) is 6.54 Å². The van der Waals surface area contributed by atoms with E-state index in [1.165, 1.54) is 4.90 Å². The second kappa shape index (κ2) is 6.99. The van der Waals surface area contributed by atoms with Crippen molar-refractivity contribution in [1.29, 1.82) is 0 Å². The van der Waals surface area contributed by atoms with Crippen LogP contribution in [0.3, 0.4) is 0 Å². The number of carbonyl (C=O) groups excluding carboxylic acids is 3. The van der Waals surface area contributed by atoms with Crippen LogP contribution >= 0.6 is 0 Å². The van der Waals surface area contributed by atoms with Gasteiger partial charge in [0.2, 0.25) is 17.7 Å². The molecule has 0 spiro atoms. The molecule has 4 unspecified atom stereocenters. The fourth-order valence-corrected chi connectivity index (χ4v) is 5.12. The summed E-state index contributed by atoms with van der Waals surface area (Å²) < 4.78 is 0. The van der Waals surface area contributed by atoms with Gasteiger partial charge in [-0.1, -0.05) is 72.8 Å². The minimum atomic E-state index is -0.338. The lowest BCUT2D eigenvalue weighted by Crippen LogP contribution is -2.43. The Bertz CT molecular complexity index is 916. The number of nitrogens with one attached hydrogen (secondary N) is 1. The van der Waals surface area contributed by atoms with E-state index < -0.39 is 0 Å². The van der Waals surface area contributed by atoms with Crippen LogP contribution in [0.25, 0.3) is 0 Å². The van der Waals surface area contributed by atoms with Crippen LogP contribution in [0.5, 0.6) is 0 Å². The predicted molar refractivity (Wildman–Crippen MR) is 107 cm³/mol. The number of hydrogen-bond donors (Lipinski definition) is 1. The van der Waals surface area contributed by atoms with E-state index in [2.05, 4.69) is 17.5 Å². The van der Waals surface area contributed by atoms with Crippen LogP contribution < -0.4 is 5.32 Å². The Morgan fingerprint density at radius 3 is 1.83 bits per heavy atom. The highest BCUT2D eigenvalue weighted by atomic mass is 16.2. The van der Waals surface area contributed by atoms with Gasteiger partial charge >= 0.3 is 0 Å². The standard InChI is InChI=1S/C24H22N2O3/c27-19(14-26-23(28)20-17-11-12-18(13-17)21(20)24(26)29)25-22(15-7-3-1-4-8-15)16-9-5-2-6-10-16/h1-12,17-18,20-22H,13-14H2,(H,25,27). The van der Waals surface area contributed by atoms with Gasteiger partial charge in [-0.2, -0.15) is 0 Å². The van der Waals surface area contributed by atoms with Crippen LogP contribution in [0.4, 0.5) is 0 Å². The quantitative estimate of drug-likeness (QED) is 0.635. The molecule has 2 aromatic rings. The van der Waals surface area contributed by atoms with Crippen molar-refractivity contribution in [3.63, 3.8) is 0 Å². The summed E-state index contributed by atoms with van der Waals surface area (Å²) in [6.07, 6.45) is 5.00. The number of rotatable bonds is 5. The van der Waals surface area contributed by atoms with E-state index in [4.69, 9.17) is 0 Å². The fraction of sp³-hybridized carbons (Fsp3) is 0.292. The van der Waals surface area contributed by atoms with E-state index in [1.54, 1.807) is 0 Å². The Hall–Kier alpha value is -3.21. The SMILES string of the molecule is O=C(CN1C(=O)C2C3C=CC(C3)C2C1=O)NC(c1ccccc1)c1ccccc1. The number of benzene rings is 2.